The highest BCUT2D eigenvalue weighted by Gasteiger charge is 2.23. The molecule has 72 valence electrons. The second-order valence-corrected chi connectivity index (χ2v) is 2.77. The average Bonchev–Trinajstić information content (AvgIpc) is 2.52. The number of nitrogens with two attached hydrogens (primary N) is 1. The van der Waals surface area contributed by atoms with E-state index in [4.69, 9.17) is 17.3 Å². The van der Waals surface area contributed by atoms with Crippen molar-refractivity contribution in [3.63, 3.8) is 0 Å². The zero-order valence-corrected chi connectivity index (χ0v) is 7.34. The van der Waals surface area contributed by atoms with Gasteiger partial charge in [0.25, 0.3) is 5.65 Å². The number of fused-ring (bicyclic) bond motifs is 1. The Morgan fingerprint density at radius 1 is 1.64 bits per heavy atom. The molecular weight excluding hydrogens is 212 g/mol. The van der Waals surface area contributed by atoms with Crippen LogP contribution < -0.4 is 5.73 Å². The van der Waals surface area contributed by atoms with Crippen LogP contribution in [0, 0.1) is 10.1 Å². The zero-order valence-electron chi connectivity index (χ0n) is 6.59. The van der Waals surface area contributed by atoms with Crippen LogP contribution in [0.1, 0.15) is 0 Å². The Balaban J connectivity index is 2.93. The van der Waals surface area contributed by atoms with E-state index in [0.717, 1.165) is 4.52 Å². The van der Waals surface area contributed by atoms with Crippen LogP contribution in [0.15, 0.2) is 6.33 Å². The van der Waals surface area contributed by atoms with Crippen LogP contribution in [-0.2, 0) is 0 Å². The fraction of sp³-hybridized carbons (Fsp3) is 0. The van der Waals surface area contributed by atoms with Gasteiger partial charge in [0.1, 0.15) is 6.33 Å². The first-order valence-corrected chi connectivity index (χ1v) is 3.78. The molecule has 0 saturated heterocycles. The number of anilines is 1. The Kier molecular flexibility index (Phi) is 1.71. The van der Waals surface area contributed by atoms with Crippen molar-refractivity contribution >= 4 is 28.6 Å². The number of halogens is 1. The molecule has 0 aliphatic heterocycles. The zero-order chi connectivity index (χ0) is 10.3. The predicted molar refractivity (Wildman–Crippen MR) is 46.9 cm³/mol. The first kappa shape index (κ1) is 8.63. The largest absolute Gasteiger partial charge is 0.390 e. The van der Waals surface area contributed by atoms with Gasteiger partial charge in [0.15, 0.2) is 10.8 Å². The van der Waals surface area contributed by atoms with Crippen molar-refractivity contribution in [3.8, 4) is 0 Å². The number of nitro groups is 1. The van der Waals surface area contributed by atoms with Gasteiger partial charge in [-0.1, -0.05) is 11.6 Å². The Morgan fingerprint density at radius 2 is 2.36 bits per heavy atom. The number of nitrogen functional groups attached to an aromatic ring is 1. The monoisotopic (exact) mass is 214 g/mol. The topological polar surface area (TPSA) is 112 Å². The van der Waals surface area contributed by atoms with Gasteiger partial charge in [-0.3, -0.25) is 10.1 Å². The Hall–Kier alpha value is -1.96. The first-order chi connectivity index (χ1) is 6.61. The fourth-order valence-corrected chi connectivity index (χ4v) is 1.18. The van der Waals surface area contributed by atoms with Gasteiger partial charge < -0.3 is 5.73 Å². The molecule has 8 nitrogen and oxygen atoms in total. The van der Waals surface area contributed by atoms with Crippen molar-refractivity contribution in [2.24, 2.45) is 0 Å². The molecule has 14 heavy (non-hydrogen) atoms. The molecule has 2 aromatic rings. The Bertz CT molecular complexity index is 522. The SMILES string of the molecule is Nc1c(Cl)nn2cnnc2c1[N+](=O)[O-]. The minimum atomic E-state index is -0.674. The molecule has 0 radical (unpaired) electrons. The summed E-state index contributed by atoms with van der Waals surface area (Å²) in [7, 11) is 0. The molecule has 2 heterocycles. The molecule has 0 unspecified atom stereocenters. The lowest BCUT2D eigenvalue weighted by atomic mass is 10.4. The molecule has 0 spiro atoms. The molecule has 0 atom stereocenters. The molecule has 0 fully saturated rings. The van der Waals surface area contributed by atoms with Gasteiger partial charge in [-0.05, 0) is 0 Å². The number of nitrogens with zero attached hydrogens (tertiary/aromatic N) is 5. The van der Waals surface area contributed by atoms with E-state index >= 15 is 0 Å². The second-order valence-electron chi connectivity index (χ2n) is 2.41. The van der Waals surface area contributed by atoms with Gasteiger partial charge in [-0.2, -0.15) is 9.61 Å². The number of hydrogen-bond donors (Lipinski definition) is 1. The lowest BCUT2D eigenvalue weighted by Crippen LogP contribution is -2.03. The summed E-state index contributed by atoms with van der Waals surface area (Å²) in [5, 5.41) is 21.2. The van der Waals surface area contributed by atoms with Gasteiger partial charge in [0, 0.05) is 0 Å². The standard InChI is InChI=1S/C5H3ClN6O2/c6-4-2(7)3(12(13)14)5-9-8-1-11(5)10-4/h1H,7H2. The van der Waals surface area contributed by atoms with E-state index in [1.165, 1.54) is 6.33 Å². The number of aromatic nitrogens is 4. The molecule has 0 aliphatic carbocycles. The van der Waals surface area contributed by atoms with Crippen LogP contribution in [0.2, 0.25) is 5.15 Å². The molecule has 0 aliphatic rings. The van der Waals surface area contributed by atoms with Crippen LogP contribution in [-0.4, -0.2) is 24.7 Å². The summed E-state index contributed by atoms with van der Waals surface area (Å²) in [6.07, 6.45) is 1.20. The van der Waals surface area contributed by atoms with E-state index in [-0.39, 0.29) is 22.2 Å². The highest BCUT2D eigenvalue weighted by molar-refractivity contribution is 6.32. The maximum atomic E-state index is 10.6. The Morgan fingerprint density at radius 3 is 3.00 bits per heavy atom. The van der Waals surface area contributed by atoms with Crippen LogP contribution >= 0.6 is 11.6 Å². The van der Waals surface area contributed by atoms with Gasteiger partial charge in [0.2, 0.25) is 0 Å². The van der Waals surface area contributed by atoms with Gasteiger partial charge in [0.05, 0.1) is 4.92 Å². The van der Waals surface area contributed by atoms with E-state index in [1.807, 2.05) is 0 Å². The summed E-state index contributed by atoms with van der Waals surface area (Å²) in [5.74, 6) is 0. The molecule has 0 bridgehead atoms. The molecule has 0 amide bonds. The van der Waals surface area contributed by atoms with Crippen LogP contribution in [0.4, 0.5) is 11.4 Å². The van der Waals surface area contributed by atoms with Crippen LogP contribution in [0.25, 0.3) is 5.65 Å². The van der Waals surface area contributed by atoms with E-state index in [1.54, 1.807) is 0 Å². The normalized spacial score (nSPS) is 10.6. The van der Waals surface area contributed by atoms with Crippen molar-refractivity contribution in [2.45, 2.75) is 0 Å². The summed E-state index contributed by atoms with van der Waals surface area (Å²) in [6, 6.07) is 0. The first-order valence-electron chi connectivity index (χ1n) is 3.40. The lowest BCUT2D eigenvalue weighted by Gasteiger charge is -1.99. The van der Waals surface area contributed by atoms with Crippen molar-refractivity contribution in [2.75, 3.05) is 5.73 Å². The van der Waals surface area contributed by atoms with Gasteiger partial charge in [-0.15, -0.1) is 10.2 Å². The van der Waals surface area contributed by atoms with Crippen molar-refractivity contribution in [3.05, 3.63) is 21.6 Å². The fourth-order valence-electron chi connectivity index (χ4n) is 1.01. The van der Waals surface area contributed by atoms with Crippen molar-refractivity contribution < 1.29 is 4.92 Å². The highest BCUT2D eigenvalue weighted by atomic mass is 35.5. The maximum absolute atomic E-state index is 10.6. The summed E-state index contributed by atoms with van der Waals surface area (Å²) in [6.45, 7) is 0. The molecule has 2 aromatic heterocycles. The minimum Gasteiger partial charge on any atom is -0.390 e. The summed E-state index contributed by atoms with van der Waals surface area (Å²) < 4.78 is 1.09. The quantitative estimate of drug-likeness (QED) is 0.538. The second kappa shape index (κ2) is 2.77. The van der Waals surface area contributed by atoms with Crippen LogP contribution in [0.3, 0.4) is 0 Å². The molecule has 2 N–H and O–H groups in total. The third kappa shape index (κ3) is 1.04. The van der Waals surface area contributed by atoms with E-state index in [9.17, 15) is 10.1 Å². The highest BCUT2D eigenvalue weighted by Crippen LogP contribution is 2.29. The number of rotatable bonds is 1. The van der Waals surface area contributed by atoms with Crippen molar-refractivity contribution in [1.29, 1.82) is 0 Å². The molecule has 2 rings (SSSR count). The predicted octanol–water partition coefficient (Wildman–Crippen LogP) is 0.268. The summed E-state index contributed by atoms with van der Waals surface area (Å²) in [4.78, 5) is 9.97. The summed E-state index contributed by atoms with van der Waals surface area (Å²) in [5.41, 5.74) is 4.76. The van der Waals surface area contributed by atoms with E-state index in [2.05, 4.69) is 15.3 Å². The molecule has 0 aromatic carbocycles. The maximum Gasteiger partial charge on any atom is 0.341 e. The third-order valence-electron chi connectivity index (χ3n) is 1.60. The Labute approximate surface area is 81.4 Å². The average molecular weight is 215 g/mol. The third-order valence-corrected chi connectivity index (χ3v) is 1.88. The molecule has 0 saturated carbocycles. The van der Waals surface area contributed by atoms with Gasteiger partial charge in [-0.25, -0.2) is 0 Å². The lowest BCUT2D eigenvalue weighted by molar-refractivity contribution is -0.382. The molecule has 9 heteroatoms. The molecular formula is C5H3ClN6O2. The van der Waals surface area contributed by atoms with Gasteiger partial charge >= 0.3 is 5.69 Å². The van der Waals surface area contributed by atoms with Crippen molar-refractivity contribution in [1.82, 2.24) is 19.8 Å². The smallest absolute Gasteiger partial charge is 0.341 e. The number of hydrogen-bond acceptors (Lipinski definition) is 6. The van der Waals surface area contributed by atoms with E-state index < -0.39 is 4.92 Å². The van der Waals surface area contributed by atoms with E-state index in [0.29, 0.717) is 0 Å². The minimum absolute atomic E-state index is 0.0306. The van der Waals surface area contributed by atoms with Crippen LogP contribution in [0.5, 0.6) is 0 Å². The summed E-state index contributed by atoms with van der Waals surface area (Å²) >= 11 is 5.58.